The van der Waals surface area contributed by atoms with Crippen LogP contribution in [0.1, 0.15) is 15.9 Å². The van der Waals surface area contributed by atoms with Crippen LogP contribution in [0, 0.1) is 0 Å². The summed E-state index contributed by atoms with van der Waals surface area (Å²) >= 11 is 6.05. The molecule has 0 bridgehead atoms. The van der Waals surface area contributed by atoms with Crippen molar-refractivity contribution < 1.29 is 19.1 Å². The minimum Gasteiger partial charge on any atom is -0.452 e. The van der Waals surface area contributed by atoms with Crippen LogP contribution in [-0.4, -0.2) is 56.7 Å². The summed E-state index contributed by atoms with van der Waals surface area (Å²) in [5.74, 6) is -0.698. The van der Waals surface area contributed by atoms with Crippen molar-refractivity contribution in [3.63, 3.8) is 0 Å². The fourth-order valence-electron chi connectivity index (χ4n) is 3.14. The molecule has 0 atom stereocenters. The van der Waals surface area contributed by atoms with Gasteiger partial charge in [0, 0.05) is 44.0 Å². The summed E-state index contributed by atoms with van der Waals surface area (Å²) in [6.07, 6.45) is 0. The van der Waals surface area contributed by atoms with Crippen LogP contribution in [0.4, 0.5) is 5.69 Å². The lowest BCUT2D eigenvalue weighted by atomic mass is 10.1. The van der Waals surface area contributed by atoms with Crippen LogP contribution in [-0.2, 0) is 20.9 Å². The van der Waals surface area contributed by atoms with Crippen molar-refractivity contribution in [1.29, 1.82) is 0 Å². The van der Waals surface area contributed by atoms with E-state index in [1.165, 1.54) is 0 Å². The first-order valence-corrected chi connectivity index (χ1v) is 9.48. The topological polar surface area (TPSA) is 59.1 Å². The maximum atomic E-state index is 12.4. The third-order valence-corrected chi connectivity index (χ3v) is 4.84. The molecule has 1 saturated heterocycles. The molecule has 1 heterocycles. The molecule has 0 aliphatic carbocycles. The van der Waals surface area contributed by atoms with Crippen molar-refractivity contribution >= 4 is 29.2 Å². The molecule has 1 aliphatic rings. The molecule has 0 unspecified atom stereocenters. The number of anilines is 1. The Labute approximate surface area is 169 Å². The van der Waals surface area contributed by atoms with E-state index < -0.39 is 5.97 Å². The van der Waals surface area contributed by atoms with Crippen molar-refractivity contribution in [1.82, 2.24) is 4.90 Å². The van der Waals surface area contributed by atoms with Gasteiger partial charge in [-0.15, -0.1) is 0 Å². The summed E-state index contributed by atoms with van der Waals surface area (Å²) in [4.78, 5) is 28.5. The third kappa shape index (κ3) is 5.24. The number of nitrogens with zero attached hydrogens (tertiary/aromatic N) is 2. The predicted octanol–water partition coefficient (Wildman–Crippen LogP) is 2.99. The van der Waals surface area contributed by atoms with E-state index in [9.17, 15) is 9.59 Å². The zero-order valence-electron chi connectivity index (χ0n) is 15.8. The van der Waals surface area contributed by atoms with E-state index in [1.54, 1.807) is 30.2 Å². The predicted molar refractivity (Wildman–Crippen MR) is 108 cm³/mol. The summed E-state index contributed by atoms with van der Waals surface area (Å²) in [6, 6.07) is 14.7. The summed E-state index contributed by atoms with van der Waals surface area (Å²) in [6.45, 7) is 2.72. The number of benzene rings is 2. The molecule has 3 rings (SSSR count). The molecular weight excluding hydrogens is 380 g/mol. The number of hydrogen-bond acceptors (Lipinski definition) is 5. The zero-order valence-corrected chi connectivity index (χ0v) is 16.5. The van der Waals surface area contributed by atoms with Crippen molar-refractivity contribution in [2.24, 2.45) is 0 Å². The quantitative estimate of drug-likeness (QED) is 0.695. The van der Waals surface area contributed by atoms with Crippen LogP contribution < -0.4 is 4.90 Å². The van der Waals surface area contributed by atoms with Gasteiger partial charge >= 0.3 is 5.97 Å². The van der Waals surface area contributed by atoms with Crippen molar-refractivity contribution in [3.05, 3.63) is 64.7 Å². The lowest BCUT2D eigenvalue weighted by molar-refractivity contribution is -0.134. The highest BCUT2D eigenvalue weighted by molar-refractivity contribution is 6.30. The van der Waals surface area contributed by atoms with E-state index in [0.717, 1.165) is 11.3 Å². The molecule has 7 heteroatoms. The molecule has 1 aliphatic heterocycles. The van der Waals surface area contributed by atoms with E-state index in [4.69, 9.17) is 21.1 Å². The highest BCUT2D eigenvalue weighted by atomic mass is 35.5. The fourth-order valence-corrected chi connectivity index (χ4v) is 3.33. The van der Waals surface area contributed by atoms with Gasteiger partial charge in [0.15, 0.2) is 6.61 Å². The van der Waals surface area contributed by atoms with Crippen LogP contribution in [0.3, 0.4) is 0 Å². The number of halogens is 1. The number of amides is 1. The SMILES string of the molecule is COCc1cccc(C(=O)OCC(=O)N2CCN(c3cccc(Cl)c3)CC2)c1. The van der Waals surface area contributed by atoms with Crippen molar-refractivity contribution in [3.8, 4) is 0 Å². The van der Waals surface area contributed by atoms with E-state index >= 15 is 0 Å². The Balaban J connectivity index is 1.48. The Morgan fingerprint density at radius 2 is 1.79 bits per heavy atom. The molecule has 0 aromatic heterocycles. The molecule has 0 N–H and O–H groups in total. The van der Waals surface area contributed by atoms with Crippen LogP contribution in [0.25, 0.3) is 0 Å². The van der Waals surface area contributed by atoms with Gasteiger partial charge in [-0.1, -0.05) is 29.8 Å². The third-order valence-electron chi connectivity index (χ3n) is 4.61. The van der Waals surface area contributed by atoms with Gasteiger partial charge in [-0.3, -0.25) is 4.79 Å². The highest BCUT2D eigenvalue weighted by Gasteiger charge is 2.22. The number of ether oxygens (including phenoxy) is 2. The molecule has 0 radical (unpaired) electrons. The Morgan fingerprint density at radius 3 is 2.50 bits per heavy atom. The Bertz CT molecular complexity index is 835. The number of carbonyl (C=O) groups is 2. The average Bonchev–Trinajstić information content (AvgIpc) is 2.72. The minimum absolute atomic E-state index is 0.188. The summed E-state index contributed by atoms with van der Waals surface area (Å²) in [7, 11) is 1.59. The summed E-state index contributed by atoms with van der Waals surface area (Å²) in [5, 5.41) is 0.692. The standard InChI is InChI=1S/C21H23ClN2O4/c1-27-14-16-4-2-5-17(12-16)21(26)28-15-20(25)24-10-8-23(9-11-24)19-7-3-6-18(22)13-19/h2-7,12-13H,8-11,14-15H2,1H3. The zero-order chi connectivity index (χ0) is 19.9. The summed E-state index contributed by atoms with van der Waals surface area (Å²) in [5.41, 5.74) is 2.33. The largest absolute Gasteiger partial charge is 0.452 e. The molecule has 148 valence electrons. The maximum absolute atomic E-state index is 12.4. The molecule has 28 heavy (non-hydrogen) atoms. The molecule has 6 nitrogen and oxygen atoms in total. The van der Waals surface area contributed by atoms with Gasteiger partial charge in [0.25, 0.3) is 5.91 Å². The van der Waals surface area contributed by atoms with E-state index in [1.807, 2.05) is 30.3 Å². The van der Waals surface area contributed by atoms with Crippen LogP contribution in [0.2, 0.25) is 5.02 Å². The second-order valence-corrected chi connectivity index (χ2v) is 6.99. The second kappa shape index (κ2) is 9.57. The number of hydrogen-bond donors (Lipinski definition) is 0. The van der Waals surface area contributed by atoms with Gasteiger partial charge in [-0.25, -0.2) is 4.79 Å². The van der Waals surface area contributed by atoms with Gasteiger partial charge in [0.05, 0.1) is 12.2 Å². The molecule has 2 aromatic rings. The van der Waals surface area contributed by atoms with Crippen molar-refractivity contribution in [2.45, 2.75) is 6.61 Å². The van der Waals surface area contributed by atoms with E-state index in [0.29, 0.717) is 43.4 Å². The monoisotopic (exact) mass is 402 g/mol. The van der Waals surface area contributed by atoms with Gasteiger partial charge in [-0.05, 0) is 35.9 Å². The molecular formula is C21H23ClN2O4. The first kappa shape index (κ1) is 20.2. The smallest absolute Gasteiger partial charge is 0.338 e. The number of piperazine rings is 1. The van der Waals surface area contributed by atoms with Crippen LogP contribution >= 0.6 is 11.6 Å². The fraction of sp³-hybridized carbons (Fsp3) is 0.333. The molecule has 0 saturated carbocycles. The Hall–Kier alpha value is -2.57. The van der Waals surface area contributed by atoms with Gasteiger partial charge in [0.2, 0.25) is 0 Å². The van der Waals surface area contributed by atoms with E-state index in [-0.39, 0.29) is 12.5 Å². The summed E-state index contributed by atoms with van der Waals surface area (Å²) < 4.78 is 10.3. The molecule has 1 fully saturated rings. The van der Waals surface area contributed by atoms with Crippen LogP contribution in [0.15, 0.2) is 48.5 Å². The molecule has 2 aromatic carbocycles. The molecule has 1 amide bonds. The first-order valence-electron chi connectivity index (χ1n) is 9.10. The number of methoxy groups -OCH3 is 1. The first-order chi connectivity index (χ1) is 13.6. The Morgan fingerprint density at radius 1 is 1.04 bits per heavy atom. The average molecular weight is 403 g/mol. The highest BCUT2D eigenvalue weighted by Crippen LogP contribution is 2.20. The maximum Gasteiger partial charge on any atom is 0.338 e. The Kier molecular flexibility index (Phi) is 6.90. The van der Waals surface area contributed by atoms with Gasteiger partial charge < -0.3 is 19.3 Å². The lowest BCUT2D eigenvalue weighted by Crippen LogP contribution is -2.49. The molecule has 0 spiro atoms. The second-order valence-electron chi connectivity index (χ2n) is 6.56. The van der Waals surface area contributed by atoms with Crippen molar-refractivity contribution in [2.75, 3.05) is 44.8 Å². The van der Waals surface area contributed by atoms with Crippen LogP contribution in [0.5, 0.6) is 0 Å². The normalized spacial score (nSPS) is 14.1. The van der Waals surface area contributed by atoms with Gasteiger partial charge in [0.1, 0.15) is 0 Å². The number of rotatable bonds is 6. The minimum atomic E-state index is -0.510. The lowest BCUT2D eigenvalue weighted by Gasteiger charge is -2.36. The van der Waals surface area contributed by atoms with Gasteiger partial charge in [-0.2, -0.15) is 0 Å². The number of carbonyl (C=O) groups excluding carboxylic acids is 2. The number of esters is 1. The van der Waals surface area contributed by atoms with E-state index in [2.05, 4.69) is 4.90 Å².